The van der Waals surface area contributed by atoms with Gasteiger partial charge in [0.15, 0.2) is 0 Å². The molecule has 0 fully saturated rings. The van der Waals surface area contributed by atoms with E-state index in [0.717, 1.165) is 0 Å². The van der Waals surface area contributed by atoms with Gasteiger partial charge in [-0.2, -0.15) is 0 Å². The van der Waals surface area contributed by atoms with E-state index in [2.05, 4.69) is 4.98 Å². The molecule has 1 aliphatic rings. The number of ether oxygens (including phenoxy) is 1. The molecule has 1 amide bonds. The number of rotatable bonds is 2. The van der Waals surface area contributed by atoms with E-state index in [-0.39, 0.29) is 5.91 Å². The van der Waals surface area contributed by atoms with Gasteiger partial charge in [0.2, 0.25) is 5.88 Å². The van der Waals surface area contributed by atoms with Crippen LogP contribution < -0.4 is 9.64 Å². The van der Waals surface area contributed by atoms with Crippen LogP contribution in [0.2, 0.25) is 0 Å². The molecule has 2 aromatic rings. The average molecular weight is 266 g/mol. The molecule has 100 valence electrons. The summed E-state index contributed by atoms with van der Waals surface area (Å²) in [6.07, 6.45) is 5.51. The van der Waals surface area contributed by atoms with E-state index in [4.69, 9.17) is 4.74 Å². The Kier molecular flexibility index (Phi) is 3.21. The summed E-state index contributed by atoms with van der Waals surface area (Å²) in [5.41, 5.74) is 1.24. The van der Waals surface area contributed by atoms with E-state index in [0.29, 0.717) is 29.4 Å². The number of carbonyl (C=O) groups is 1. The lowest BCUT2D eigenvalue weighted by Gasteiger charge is -2.19. The van der Waals surface area contributed by atoms with Crippen molar-refractivity contribution in [3.63, 3.8) is 0 Å². The lowest BCUT2D eigenvalue weighted by Crippen LogP contribution is -2.30. The fourth-order valence-electron chi connectivity index (χ4n) is 2.15. The van der Waals surface area contributed by atoms with Gasteiger partial charge in [-0.3, -0.25) is 9.69 Å². The minimum Gasteiger partial charge on any atom is -0.436 e. The molecule has 1 aromatic carbocycles. The summed E-state index contributed by atoms with van der Waals surface area (Å²) in [5.74, 6) is 0.918. The van der Waals surface area contributed by atoms with Crippen LogP contribution in [0.5, 0.6) is 11.6 Å². The number of fused-ring (bicyclic) bond motifs is 2. The molecule has 4 heteroatoms. The molecular formula is C16H14N2O2. The maximum absolute atomic E-state index is 12.7. The topological polar surface area (TPSA) is 42.4 Å². The summed E-state index contributed by atoms with van der Waals surface area (Å²) >= 11 is 0. The first-order chi connectivity index (χ1) is 9.81. The number of nitrogens with zero attached hydrogens (tertiary/aromatic N) is 2. The highest BCUT2D eigenvalue weighted by Gasteiger charge is 2.27. The molecule has 1 aliphatic heterocycles. The molecule has 0 unspecified atom stereocenters. The summed E-state index contributed by atoms with van der Waals surface area (Å²) in [6, 6.07) is 10.9. The van der Waals surface area contributed by atoms with E-state index in [1.165, 1.54) is 0 Å². The van der Waals surface area contributed by atoms with Gasteiger partial charge in [0.05, 0.1) is 5.56 Å². The summed E-state index contributed by atoms with van der Waals surface area (Å²) in [6.45, 7) is 2.42. The average Bonchev–Trinajstić information content (AvgIpc) is 2.60. The highest BCUT2D eigenvalue weighted by atomic mass is 16.5. The number of hydrogen-bond donors (Lipinski definition) is 0. The monoisotopic (exact) mass is 266 g/mol. The number of amides is 1. The van der Waals surface area contributed by atoms with Crippen LogP contribution in [0.3, 0.4) is 0 Å². The Morgan fingerprint density at radius 1 is 1.25 bits per heavy atom. The second kappa shape index (κ2) is 5.17. The van der Waals surface area contributed by atoms with E-state index in [9.17, 15) is 4.79 Å². The summed E-state index contributed by atoms with van der Waals surface area (Å²) in [5, 5.41) is 0. The molecule has 0 radical (unpaired) electrons. The molecule has 0 bridgehead atoms. The van der Waals surface area contributed by atoms with Crippen LogP contribution in [0.25, 0.3) is 0 Å². The van der Waals surface area contributed by atoms with E-state index in [1.807, 2.05) is 37.3 Å². The van der Waals surface area contributed by atoms with E-state index >= 15 is 0 Å². The Morgan fingerprint density at radius 3 is 2.95 bits per heavy atom. The zero-order valence-corrected chi connectivity index (χ0v) is 11.1. The summed E-state index contributed by atoms with van der Waals surface area (Å²) < 4.78 is 5.79. The summed E-state index contributed by atoms with van der Waals surface area (Å²) in [7, 11) is 0. The van der Waals surface area contributed by atoms with Crippen molar-refractivity contribution in [2.24, 2.45) is 0 Å². The molecule has 20 heavy (non-hydrogen) atoms. The van der Waals surface area contributed by atoms with Crippen molar-refractivity contribution in [1.29, 1.82) is 0 Å². The van der Waals surface area contributed by atoms with E-state index in [1.54, 1.807) is 29.3 Å². The Morgan fingerprint density at radius 2 is 2.10 bits per heavy atom. The molecule has 4 nitrogen and oxygen atoms in total. The van der Waals surface area contributed by atoms with Crippen LogP contribution in [-0.2, 0) is 0 Å². The SMILES string of the molecule is CC=CCN1C(=O)c2ccccc2Oc2ncccc21. The minimum absolute atomic E-state index is 0.0783. The van der Waals surface area contributed by atoms with Crippen molar-refractivity contribution >= 4 is 11.6 Å². The largest absolute Gasteiger partial charge is 0.436 e. The molecule has 0 aliphatic carbocycles. The minimum atomic E-state index is -0.0783. The van der Waals surface area contributed by atoms with Gasteiger partial charge in [-0.1, -0.05) is 24.3 Å². The summed E-state index contributed by atoms with van der Waals surface area (Å²) in [4.78, 5) is 18.6. The first-order valence-electron chi connectivity index (χ1n) is 6.46. The van der Waals surface area contributed by atoms with Gasteiger partial charge in [-0.05, 0) is 31.2 Å². The number of hydrogen-bond acceptors (Lipinski definition) is 3. The van der Waals surface area contributed by atoms with Crippen molar-refractivity contribution in [1.82, 2.24) is 4.98 Å². The predicted molar refractivity (Wildman–Crippen MR) is 77.2 cm³/mol. The maximum Gasteiger partial charge on any atom is 0.262 e. The molecule has 2 heterocycles. The molecule has 0 saturated carbocycles. The maximum atomic E-state index is 12.7. The van der Waals surface area contributed by atoms with Crippen LogP contribution in [-0.4, -0.2) is 17.4 Å². The van der Waals surface area contributed by atoms with Crippen LogP contribution in [0, 0.1) is 0 Å². The van der Waals surface area contributed by atoms with Crippen LogP contribution >= 0.6 is 0 Å². The molecular weight excluding hydrogens is 252 g/mol. The highest BCUT2D eigenvalue weighted by molar-refractivity contribution is 6.09. The van der Waals surface area contributed by atoms with Gasteiger partial charge < -0.3 is 4.74 Å². The lowest BCUT2D eigenvalue weighted by molar-refractivity contribution is 0.0990. The molecule has 1 aromatic heterocycles. The molecule has 0 atom stereocenters. The lowest BCUT2D eigenvalue weighted by atomic mass is 10.1. The van der Waals surface area contributed by atoms with Crippen molar-refractivity contribution < 1.29 is 9.53 Å². The Hall–Kier alpha value is -2.62. The number of benzene rings is 1. The second-order valence-corrected chi connectivity index (χ2v) is 4.41. The smallest absolute Gasteiger partial charge is 0.262 e. The number of pyridine rings is 1. The van der Waals surface area contributed by atoms with Gasteiger partial charge in [0, 0.05) is 12.7 Å². The second-order valence-electron chi connectivity index (χ2n) is 4.41. The number of aromatic nitrogens is 1. The third kappa shape index (κ3) is 2.05. The fraction of sp³-hybridized carbons (Fsp3) is 0.125. The molecule has 3 rings (SSSR count). The zero-order valence-electron chi connectivity index (χ0n) is 11.1. The molecule has 0 spiro atoms. The van der Waals surface area contributed by atoms with Crippen molar-refractivity contribution in [3.05, 3.63) is 60.3 Å². The quantitative estimate of drug-likeness (QED) is 0.782. The van der Waals surface area contributed by atoms with Gasteiger partial charge >= 0.3 is 0 Å². The third-order valence-electron chi connectivity index (χ3n) is 3.13. The Bertz CT molecular complexity index is 680. The van der Waals surface area contributed by atoms with Crippen LogP contribution in [0.4, 0.5) is 5.69 Å². The number of carbonyl (C=O) groups excluding carboxylic acids is 1. The van der Waals surface area contributed by atoms with Crippen molar-refractivity contribution in [3.8, 4) is 11.6 Å². The molecule has 0 N–H and O–H groups in total. The first-order valence-corrected chi connectivity index (χ1v) is 6.46. The van der Waals surface area contributed by atoms with Crippen molar-refractivity contribution in [2.45, 2.75) is 6.92 Å². The molecule has 0 saturated heterocycles. The number of para-hydroxylation sites is 1. The zero-order chi connectivity index (χ0) is 13.9. The van der Waals surface area contributed by atoms with Gasteiger partial charge in [-0.25, -0.2) is 4.98 Å². The first kappa shape index (κ1) is 12.4. The third-order valence-corrected chi connectivity index (χ3v) is 3.13. The van der Waals surface area contributed by atoms with Gasteiger partial charge in [0.25, 0.3) is 5.91 Å². The van der Waals surface area contributed by atoms with Gasteiger partial charge in [0.1, 0.15) is 11.4 Å². The Balaban J connectivity index is 2.16. The number of allylic oxidation sites excluding steroid dienone is 1. The van der Waals surface area contributed by atoms with Crippen LogP contribution in [0.15, 0.2) is 54.7 Å². The van der Waals surface area contributed by atoms with E-state index < -0.39 is 0 Å². The normalized spacial score (nSPS) is 13.7. The van der Waals surface area contributed by atoms with Crippen molar-refractivity contribution in [2.75, 3.05) is 11.4 Å². The predicted octanol–water partition coefficient (Wildman–Crippen LogP) is 3.41. The van der Waals surface area contributed by atoms with Gasteiger partial charge in [-0.15, -0.1) is 0 Å². The fourth-order valence-corrected chi connectivity index (χ4v) is 2.15. The van der Waals surface area contributed by atoms with Crippen LogP contribution in [0.1, 0.15) is 17.3 Å². The highest BCUT2D eigenvalue weighted by Crippen LogP contribution is 2.36. The standard InChI is InChI=1S/C16H14N2O2/c1-2-3-11-18-13-8-6-10-17-15(13)20-14-9-5-4-7-12(14)16(18)19/h2-10H,11H2,1H3. The Labute approximate surface area is 117 Å². The number of anilines is 1.